The Balaban J connectivity index is 1.81. The number of anilines is 1. The molecule has 0 unspecified atom stereocenters. The monoisotopic (exact) mass is 215 g/mol. The molecule has 82 valence electrons. The number of hydrogen-bond acceptors (Lipinski definition) is 4. The van der Waals surface area contributed by atoms with Crippen LogP contribution in [0.25, 0.3) is 0 Å². The molecule has 1 aromatic heterocycles. The van der Waals surface area contributed by atoms with E-state index in [1.165, 1.54) is 5.57 Å². The molecule has 0 N–H and O–H groups in total. The van der Waals surface area contributed by atoms with Gasteiger partial charge in [-0.15, -0.1) is 0 Å². The van der Waals surface area contributed by atoms with Gasteiger partial charge in [-0.05, 0) is 18.6 Å². The fourth-order valence-corrected chi connectivity index (χ4v) is 1.98. The van der Waals surface area contributed by atoms with Crippen LogP contribution in [-0.2, 0) is 4.74 Å². The number of aromatic nitrogens is 1. The summed E-state index contributed by atoms with van der Waals surface area (Å²) >= 11 is 0. The van der Waals surface area contributed by atoms with E-state index in [2.05, 4.69) is 21.0 Å². The third-order valence-electron chi connectivity index (χ3n) is 2.80. The maximum absolute atomic E-state index is 5.64. The largest absolute Gasteiger partial charge is 0.456 e. The first-order valence-electron chi connectivity index (χ1n) is 5.45. The van der Waals surface area contributed by atoms with Crippen molar-refractivity contribution in [2.75, 3.05) is 24.7 Å². The van der Waals surface area contributed by atoms with Gasteiger partial charge in [0.05, 0.1) is 6.54 Å². The Morgan fingerprint density at radius 2 is 2.12 bits per heavy atom. The number of hydrogen-bond donors (Lipinski definition) is 0. The van der Waals surface area contributed by atoms with Crippen LogP contribution in [0.4, 0.5) is 5.69 Å². The Morgan fingerprint density at radius 3 is 3.00 bits per heavy atom. The highest BCUT2D eigenvalue weighted by molar-refractivity contribution is 5.96. The molecule has 1 aromatic rings. The van der Waals surface area contributed by atoms with Crippen molar-refractivity contribution in [1.29, 1.82) is 0 Å². The second kappa shape index (κ2) is 3.96. The minimum absolute atomic E-state index is 0.570. The van der Waals surface area contributed by atoms with E-state index in [-0.39, 0.29) is 0 Å². The summed E-state index contributed by atoms with van der Waals surface area (Å²) in [5.41, 5.74) is 2.34. The van der Waals surface area contributed by atoms with Gasteiger partial charge in [-0.3, -0.25) is 9.98 Å². The van der Waals surface area contributed by atoms with Gasteiger partial charge in [0.25, 0.3) is 0 Å². The summed E-state index contributed by atoms with van der Waals surface area (Å²) in [4.78, 5) is 10.6. The molecule has 2 aliphatic rings. The second-order valence-corrected chi connectivity index (χ2v) is 3.88. The van der Waals surface area contributed by atoms with E-state index in [1.54, 1.807) is 12.4 Å². The summed E-state index contributed by atoms with van der Waals surface area (Å²) in [5.74, 6) is 0.830. The predicted molar refractivity (Wildman–Crippen MR) is 62.5 cm³/mol. The number of fused-ring (bicyclic) bond motifs is 1. The number of ether oxygens (including phenoxy) is 1. The van der Waals surface area contributed by atoms with E-state index in [1.807, 2.05) is 12.1 Å². The lowest BCUT2D eigenvalue weighted by atomic mass is 10.1. The molecule has 2 aliphatic heterocycles. The molecule has 0 saturated carbocycles. The molecule has 0 aromatic carbocycles. The zero-order chi connectivity index (χ0) is 10.8. The maximum atomic E-state index is 5.64. The predicted octanol–water partition coefficient (Wildman–Crippen LogP) is 1.60. The van der Waals surface area contributed by atoms with Gasteiger partial charge in [0.1, 0.15) is 0 Å². The average molecular weight is 215 g/mol. The molecule has 1 saturated heterocycles. The highest BCUT2D eigenvalue weighted by Gasteiger charge is 2.22. The van der Waals surface area contributed by atoms with Crippen LogP contribution in [0.1, 0.15) is 6.42 Å². The molecule has 0 spiro atoms. The number of nitrogens with zero attached hydrogens (tertiary/aromatic N) is 3. The second-order valence-electron chi connectivity index (χ2n) is 3.88. The third-order valence-corrected chi connectivity index (χ3v) is 2.80. The Labute approximate surface area is 94.3 Å². The normalized spacial score (nSPS) is 19.4. The van der Waals surface area contributed by atoms with Gasteiger partial charge in [-0.2, -0.15) is 0 Å². The first-order valence-corrected chi connectivity index (χ1v) is 5.45. The van der Waals surface area contributed by atoms with Crippen LogP contribution < -0.4 is 4.90 Å². The van der Waals surface area contributed by atoms with Crippen molar-refractivity contribution in [2.24, 2.45) is 4.99 Å². The van der Waals surface area contributed by atoms with Crippen molar-refractivity contribution in [3.05, 3.63) is 36.2 Å². The van der Waals surface area contributed by atoms with Gasteiger partial charge < -0.3 is 9.64 Å². The summed E-state index contributed by atoms with van der Waals surface area (Å²) in [6.07, 6.45) is 6.84. The summed E-state index contributed by atoms with van der Waals surface area (Å²) in [7, 11) is 0. The van der Waals surface area contributed by atoms with Gasteiger partial charge in [0, 0.05) is 30.2 Å². The summed E-state index contributed by atoms with van der Waals surface area (Å²) in [6.45, 7) is 2.30. The molecule has 0 atom stereocenters. The van der Waals surface area contributed by atoms with Crippen molar-refractivity contribution in [3.63, 3.8) is 0 Å². The van der Waals surface area contributed by atoms with Crippen LogP contribution in [0.5, 0.6) is 0 Å². The first-order chi connectivity index (χ1) is 7.93. The maximum Gasteiger partial charge on any atom is 0.215 e. The van der Waals surface area contributed by atoms with Gasteiger partial charge in [-0.25, -0.2) is 0 Å². The molecular formula is C12H13N3O. The minimum atomic E-state index is 0.570. The van der Waals surface area contributed by atoms with E-state index in [4.69, 9.17) is 4.74 Å². The molecule has 0 radical (unpaired) electrons. The molecule has 4 heteroatoms. The van der Waals surface area contributed by atoms with Gasteiger partial charge in [0.2, 0.25) is 5.90 Å². The van der Waals surface area contributed by atoms with Crippen molar-refractivity contribution in [3.8, 4) is 0 Å². The van der Waals surface area contributed by atoms with E-state index in [9.17, 15) is 0 Å². The Kier molecular flexibility index (Phi) is 2.33. The fourth-order valence-electron chi connectivity index (χ4n) is 1.98. The Morgan fingerprint density at radius 1 is 1.25 bits per heavy atom. The Bertz CT molecular complexity index is 439. The van der Waals surface area contributed by atoms with Crippen LogP contribution in [0.3, 0.4) is 0 Å². The standard InChI is InChI=1S/C12H13N3O/c1-2-10-8-15(9-16-12(10)14-5-1)11-3-6-13-7-4-11/h2-4,6-7H,1,5,8-9H2. The quantitative estimate of drug-likeness (QED) is 0.714. The lowest BCUT2D eigenvalue weighted by Crippen LogP contribution is -2.38. The van der Waals surface area contributed by atoms with Crippen molar-refractivity contribution in [1.82, 2.24) is 4.98 Å². The molecule has 4 nitrogen and oxygen atoms in total. The minimum Gasteiger partial charge on any atom is -0.456 e. The van der Waals surface area contributed by atoms with Crippen LogP contribution in [-0.4, -0.2) is 30.7 Å². The summed E-state index contributed by atoms with van der Waals surface area (Å²) in [5, 5.41) is 0. The van der Waals surface area contributed by atoms with E-state index >= 15 is 0 Å². The topological polar surface area (TPSA) is 37.7 Å². The first kappa shape index (κ1) is 9.39. The molecule has 16 heavy (non-hydrogen) atoms. The summed E-state index contributed by atoms with van der Waals surface area (Å²) < 4.78 is 5.64. The highest BCUT2D eigenvalue weighted by atomic mass is 16.5. The van der Waals surface area contributed by atoms with Gasteiger partial charge >= 0.3 is 0 Å². The third kappa shape index (κ3) is 1.66. The molecule has 0 bridgehead atoms. The molecule has 0 aliphatic carbocycles. The molecule has 3 heterocycles. The molecule has 3 rings (SSSR count). The van der Waals surface area contributed by atoms with Gasteiger partial charge in [0.15, 0.2) is 6.73 Å². The van der Waals surface area contributed by atoms with Crippen molar-refractivity contribution < 1.29 is 4.74 Å². The van der Waals surface area contributed by atoms with E-state index in [0.717, 1.165) is 31.1 Å². The van der Waals surface area contributed by atoms with Crippen LogP contribution in [0.15, 0.2) is 41.2 Å². The average Bonchev–Trinajstić information content (AvgIpc) is 2.39. The molecule has 0 amide bonds. The Hall–Kier alpha value is -1.84. The molecular weight excluding hydrogens is 202 g/mol. The number of dihydropyridines is 1. The zero-order valence-electron chi connectivity index (χ0n) is 8.97. The van der Waals surface area contributed by atoms with Crippen molar-refractivity contribution >= 4 is 11.6 Å². The van der Waals surface area contributed by atoms with E-state index < -0.39 is 0 Å². The van der Waals surface area contributed by atoms with Crippen LogP contribution in [0.2, 0.25) is 0 Å². The zero-order valence-corrected chi connectivity index (χ0v) is 8.97. The lowest BCUT2D eigenvalue weighted by molar-refractivity contribution is 0.285. The van der Waals surface area contributed by atoms with Crippen LogP contribution >= 0.6 is 0 Å². The lowest BCUT2D eigenvalue weighted by Gasteiger charge is -2.32. The SMILES string of the molecule is C1=C2CN(c3ccncc3)COC2=NCC1. The van der Waals surface area contributed by atoms with E-state index in [0.29, 0.717) is 6.73 Å². The smallest absolute Gasteiger partial charge is 0.215 e. The van der Waals surface area contributed by atoms with Crippen molar-refractivity contribution in [2.45, 2.75) is 6.42 Å². The summed E-state index contributed by atoms with van der Waals surface area (Å²) in [6, 6.07) is 3.99. The fraction of sp³-hybridized carbons (Fsp3) is 0.333. The van der Waals surface area contributed by atoms with Crippen LogP contribution in [0, 0.1) is 0 Å². The highest BCUT2D eigenvalue weighted by Crippen LogP contribution is 2.21. The number of aliphatic imine (C=N–C) groups is 1. The number of pyridine rings is 1. The molecule has 1 fully saturated rings. The number of rotatable bonds is 1. The van der Waals surface area contributed by atoms with Gasteiger partial charge in [-0.1, -0.05) is 6.08 Å².